The number of carbonyl (C=O) groups excluding carboxylic acids is 1. The topological polar surface area (TPSA) is 99.0 Å². The van der Waals surface area contributed by atoms with Gasteiger partial charge in [0.05, 0.1) is 38.6 Å². The molecule has 0 bridgehead atoms. The maximum absolute atomic E-state index is 13.4. The predicted molar refractivity (Wildman–Crippen MR) is 139 cm³/mol. The SMILES string of the molecule is COc1ccc(C2NC(=O)N(c3cccc(OC)c3)C(C)=C2c2nc(-c3cccc(OC)c3)no2)cc1. The number of urea groups is 1. The molecule has 1 atom stereocenters. The van der Waals surface area contributed by atoms with Crippen molar-refractivity contribution >= 4 is 17.3 Å². The molecular formula is C28H26N4O5. The molecule has 9 heteroatoms. The normalized spacial score (nSPS) is 15.4. The van der Waals surface area contributed by atoms with Gasteiger partial charge in [-0.15, -0.1) is 0 Å². The Morgan fingerprint density at radius 3 is 2.24 bits per heavy atom. The summed E-state index contributed by atoms with van der Waals surface area (Å²) in [6.07, 6.45) is 0. The Balaban J connectivity index is 1.64. The number of methoxy groups -OCH3 is 3. The molecule has 9 nitrogen and oxygen atoms in total. The molecule has 1 aliphatic rings. The molecule has 37 heavy (non-hydrogen) atoms. The number of benzene rings is 3. The third-order valence-corrected chi connectivity index (χ3v) is 6.23. The van der Waals surface area contributed by atoms with Crippen molar-refractivity contribution in [2.24, 2.45) is 0 Å². The van der Waals surface area contributed by atoms with Gasteiger partial charge in [0.25, 0.3) is 5.89 Å². The van der Waals surface area contributed by atoms with E-state index in [9.17, 15) is 4.79 Å². The predicted octanol–water partition coefficient (Wildman–Crippen LogP) is 5.46. The molecule has 1 aromatic heterocycles. The highest BCUT2D eigenvalue weighted by molar-refractivity contribution is 6.01. The summed E-state index contributed by atoms with van der Waals surface area (Å²) in [6.45, 7) is 1.86. The van der Waals surface area contributed by atoms with E-state index in [1.165, 1.54) is 0 Å². The van der Waals surface area contributed by atoms with Crippen LogP contribution in [0.2, 0.25) is 0 Å². The highest BCUT2D eigenvalue weighted by Gasteiger charge is 2.36. The lowest BCUT2D eigenvalue weighted by Gasteiger charge is -2.35. The third-order valence-electron chi connectivity index (χ3n) is 6.23. The summed E-state index contributed by atoms with van der Waals surface area (Å²) < 4.78 is 21.8. The van der Waals surface area contributed by atoms with Crippen LogP contribution in [0.4, 0.5) is 10.5 Å². The standard InChI is InChI=1S/C28H26N4O5/c1-17-24(27-30-26(31-37-27)19-7-5-9-22(15-19)35-3)25(18-11-13-21(34-2)14-12-18)29-28(33)32(17)20-8-6-10-23(16-20)36-4/h5-16,25H,1-4H3,(H,29,33). The molecule has 1 N–H and O–H groups in total. The van der Waals surface area contributed by atoms with E-state index < -0.39 is 6.04 Å². The average molecular weight is 499 g/mol. The number of ether oxygens (including phenoxy) is 3. The van der Waals surface area contributed by atoms with Crippen LogP contribution >= 0.6 is 0 Å². The Hall–Kier alpha value is -4.79. The number of anilines is 1. The lowest BCUT2D eigenvalue weighted by Crippen LogP contribution is -2.46. The van der Waals surface area contributed by atoms with Gasteiger partial charge in [-0.05, 0) is 48.9 Å². The van der Waals surface area contributed by atoms with Crippen LogP contribution in [0.3, 0.4) is 0 Å². The zero-order chi connectivity index (χ0) is 25.9. The molecule has 2 amide bonds. The van der Waals surface area contributed by atoms with Gasteiger partial charge in [-0.1, -0.05) is 35.5 Å². The minimum Gasteiger partial charge on any atom is -0.497 e. The van der Waals surface area contributed by atoms with E-state index in [-0.39, 0.29) is 6.03 Å². The van der Waals surface area contributed by atoms with Gasteiger partial charge in [0.2, 0.25) is 5.82 Å². The van der Waals surface area contributed by atoms with E-state index in [4.69, 9.17) is 23.7 Å². The second kappa shape index (κ2) is 10.1. The molecule has 188 valence electrons. The number of aromatic nitrogens is 2. The van der Waals surface area contributed by atoms with Gasteiger partial charge in [-0.2, -0.15) is 4.98 Å². The minimum atomic E-state index is -0.529. The van der Waals surface area contributed by atoms with Crippen molar-refractivity contribution in [2.75, 3.05) is 26.2 Å². The summed E-state index contributed by atoms with van der Waals surface area (Å²) in [5.74, 6) is 2.74. The molecule has 0 fully saturated rings. The maximum Gasteiger partial charge on any atom is 0.327 e. The number of rotatable bonds is 7. The first-order valence-corrected chi connectivity index (χ1v) is 11.6. The number of nitrogens with one attached hydrogen (secondary N) is 1. The van der Waals surface area contributed by atoms with Crippen molar-refractivity contribution in [3.8, 4) is 28.6 Å². The number of nitrogens with zero attached hydrogens (tertiary/aromatic N) is 3. The molecule has 5 rings (SSSR count). The van der Waals surface area contributed by atoms with Crippen LogP contribution in [0, 0.1) is 0 Å². The summed E-state index contributed by atoms with van der Waals surface area (Å²) in [7, 11) is 4.80. The van der Waals surface area contributed by atoms with Crippen LogP contribution in [-0.2, 0) is 0 Å². The second-order valence-corrected chi connectivity index (χ2v) is 8.35. The van der Waals surface area contributed by atoms with Gasteiger partial charge < -0.3 is 24.1 Å². The van der Waals surface area contributed by atoms with Crippen molar-refractivity contribution < 1.29 is 23.5 Å². The largest absolute Gasteiger partial charge is 0.497 e. The molecule has 0 aliphatic carbocycles. The van der Waals surface area contributed by atoms with Gasteiger partial charge in [0.1, 0.15) is 17.2 Å². The molecule has 4 aromatic rings. The van der Waals surface area contributed by atoms with Crippen molar-refractivity contribution in [1.82, 2.24) is 15.5 Å². The summed E-state index contributed by atoms with van der Waals surface area (Å²) in [6, 6.07) is 21.4. The summed E-state index contributed by atoms with van der Waals surface area (Å²) >= 11 is 0. The van der Waals surface area contributed by atoms with Crippen molar-refractivity contribution in [2.45, 2.75) is 13.0 Å². The average Bonchev–Trinajstić information content (AvgIpc) is 3.43. The van der Waals surface area contributed by atoms with E-state index in [1.54, 1.807) is 32.3 Å². The molecule has 0 saturated carbocycles. The lowest BCUT2D eigenvalue weighted by atomic mass is 9.94. The zero-order valence-corrected chi connectivity index (χ0v) is 20.9. The van der Waals surface area contributed by atoms with E-state index in [2.05, 4.69) is 10.5 Å². The second-order valence-electron chi connectivity index (χ2n) is 8.35. The lowest BCUT2D eigenvalue weighted by molar-refractivity contribution is 0.244. The van der Waals surface area contributed by atoms with E-state index in [1.807, 2.05) is 73.7 Å². The molecule has 0 spiro atoms. The fourth-order valence-corrected chi connectivity index (χ4v) is 4.34. The number of amides is 2. The van der Waals surface area contributed by atoms with Crippen LogP contribution in [0.15, 0.2) is 83.0 Å². The van der Waals surface area contributed by atoms with Crippen molar-refractivity contribution in [1.29, 1.82) is 0 Å². The molecule has 1 aliphatic heterocycles. The Labute approximate surface area is 214 Å². The Morgan fingerprint density at radius 2 is 1.54 bits per heavy atom. The van der Waals surface area contributed by atoms with E-state index in [0.717, 1.165) is 11.1 Å². The van der Waals surface area contributed by atoms with Gasteiger partial charge >= 0.3 is 6.03 Å². The number of allylic oxidation sites excluding steroid dienone is 1. The molecule has 1 unspecified atom stereocenters. The quantitative estimate of drug-likeness (QED) is 0.361. The molecule has 0 saturated heterocycles. The van der Waals surface area contributed by atoms with Crippen LogP contribution in [0.1, 0.15) is 24.4 Å². The zero-order valence-electron chi connectivity index (χ0n) is 20.9. The van der Waals surface area contributed by atoms with Crippen LogP contribution in [0.25, 0.3) is 17.0 Å². The third kappa shape index (κ3) is 4.58. The van der Waals surface area contributed by atoms with Crippen molar-refractivity contribution in [3.05, 3.63) is 89.9 Å². The fraction of sp³-hybridized carbons (Fsp3) is 0.179. The fourth-order valence-electron chi connectivity index (χ4n) is 4.34. The van der Waals surface area contributed by atoms with Gasteiger partial charge in [-0.3, -0.25) is 4.90 Å². The molecule has 2 heterocycles. The van der Waals surface area contributed by atoms with Crippen LogP contribution < -0.4 is 24.4 Å². The number of hydrogen-bond donors (Lipinski definition) is 1. The monoisotopic (exact) mass is 498 g/mol. The molecule has 0 radical (unpaired) electrons. The smallest absolute Gasteiger partial charge is 0.327 e. The van der Waals surface area contributed by atoms with E-state index in [0.29, 0.717) is 45.9 Å². The molecule has 3 aromatic carbocycles. The van der Waals surface area contributed by atoms with Crippen LogP contribution in [-0.4, -0.2) is 37.5 Å². The van der Waals surface area contributed by atoms with Gasteiger partial charge in [0, 0.05) is 17.3 Å². The summed E-state index contributed by atoms with van der Waals surface area (Å²) in [5.41, 5.74) is 3.56. The first kappa shape index (κ1) is 23.9. The minimum absolute atomic E-state index is 0.289. The Bertz CT molecular complexity index is 1460. The maximum atomic E-state index is 13.4. The highest BCUT2D eigenvalue weighted by atomic mass is 16.5. The Kier molecular flexibility index (Phi) is 6.51. The first-order chi connectivity index (χ1) is 18.0. The van der Waals surface area contributed by atoms with Gasteiger partial charge in [-0.25, -0.2) is 4.79 Å². The Morgan fingerprint density at radius 1 is 0.865 bits per heavy atom. The summed E-state index contributed by atoms with van der Waals surface area (Å²) in [5, 5.41) is 7.33. The number of carbonyl (C=O) groups is 1. The first-order valence-electron chi connectivity index (χ1n) is 11.6. The van der Waals surface area contributed by atoms with Crippen molar-refractivity contribution in [3.63, 3.8) is 0 Å². The van der Waals surface area contributed by atoms with Gasteiger partial charge in [0.15, 0.2) is 0 Å². The van der Waals surface area contributed by atoms with E-state index >= 15 is 0 Å². The molecular weight excluding hydrogens is 472 g/mol. The van der Waals surface area contributed by atoms with Crippen LogP contribution in [0.5, 0.6) is 17.2 Å². The number of hydrogen-bond acceptors (Lipinski definition) is 7. The highest BCUT2D eigenvalue weighted by Crippen LogP contribution is 2.40. The summed E-state index contributed by atoms with van der Waals surface area (Å²) in [4.78, 5) is 19.7.